The van der Waals surface area contributed by atoms with Crippen molar-refractivity contribution in [2.75, 3.05) is 0 Å². The van der Waals surface area contributed by atoms with Crippen LogP contribution in [0.2, 0.25) is 0 Å². The fourth-order valence-electron chi connectivity index (χ4n) is 0.289. The van der Waals surface area contributed by atoms with Gasteiger partial charge in [0.05, 0.1) is 0 Å². The van der Waals surface area contributed by atoms with Gasteiger partial charge in [-0.15, -0.1) is 0 Å². The highest BCUT2D eigenvalue weighted by molar-refractivity contribution is 4.41. The van der Waals surface area contributed by atoms with Crippen molar-refractivity contribution in [2.45, 2.75) is 53.4 Å². The summed E-state index contributed by atoms with van der Waals surface area (Å²) in [7, 11) is 0. The Labute approximate surface area is 67.0 Å². The van der Waals surface area contributed by atoms with Crippen LogP contribution in [-0.4, -0.2) is 0 Å². The summed E-state index contributed by atoms with van der Waals surface area (Å²) in [5.74, 6) is 0.935. The first-order valence-electron chi connectivity index (χ1n) is 4.52. The zero-order valence-corrected chi connectivity index (χ0v) is 8.11. The second-order valence-corrected chi connectivity index (χ2v) is 2.78. The van der Waals surface area contributed by atoms with Crippen molar-refractivity contribution in [3.63, 3.8) is 0 Å². The maximum absolute atomic E-state index is 3.60. The van der Waals surface area contributed by atoms with Gasteiger partial charge in [0.15, 0.2) is 0 Å². The minimum Gasteiger partial charge on any atom is -0.0654 e. The number of rotatable bonds is 3. The van der Waals surface area contributed by atoms with Crippen molar-refractivity contribution in [3.8, 4) is 0 Å². The third-order valence-corrected chi connectivity index (χ3v) is 1.75. The number of hydrogen-bond acceptors (Lipinski definition) is 0. The molecule has 0 aliphatic rings. The molecular formula is C10H23. The summed E-state index contributed by atoms with van der Waals surface area (Å²) in [6, 6.07) is 0. The van der Waals surface area contributed by atoms with Crippen LogP contribution in [0.4, 0.5) is 0 Å². The zero-order chi connectivity index (χ0) is 8.41. The highest BCUT2D eigenvalue weighted by Crippen LogP contribution is 2.02. The standard InChI is InChI=1S/C6H14.C4H9/c1-4-6(3)5-2;1-3-4-2/h6H,4-5H2,1-3H3;1,3-4H2,2H3. The third-order valence-electron chi connectivity index (χ3n) is 1.75. The van der Waals surface area contributed by atoms with E-state index in [-0.39, 0.29) is 0 Å². The van der Waals surface area contributed by atoms with Crippen LogP contribution in [-0.2, 0) is 0 Å². The molecule has 0 fully saturated rings. The first-order chi connectivity index (χ1) is 4.72. The molecule has 0 amide bonds. The number of unbranched alkanes of at least 4 members (excludes halogenated alkanes) is 1. The Hall–Kier alpha value is 0. The van der Waals surface area contributed by atoms with Crippen molar-refractivity contribution >= 4 is 0 Å². The predicted molar refractivity (Wildman–Crippen MR) is 50.0 cm³/mol. The highest BCUT2D eigenvalue weighted by atomic mass is 13.9. The lowest BCUT2D eigenvalue weighted by atomic mass is 10.1. The molecule has 0 saturated heterocycles. The van der Waals surface area contributed by atoms with Crippen LogP contribution in [0, 0.1) is 12.8 Å². The zero-order valence-electron chi connectivity index (χ0n) is 8.11. The minimum absolute atomic E-state index is 0.935. The van der Waals surface area contributed by atoms with Crippen molar-refractivity contribution < 1.29 is 0 Å². The lowest BCUT2D eigenvalue weighted by Crippen LogP contribution is -1.85. The summed E-state index contributed by atoms with van der Waals surface area (Å²) < 4.78 is 0. The molecule has 63 valence electrons. The average Bonchev–Trinajstić information content (AvgIpc) is 2.03. The van der Waals surface area contributed by atoms with Crippen LogP contribution in [0.5, 0.6) is 0 Å². The maximum atomic E-state index is 3.60. The Morgan fingerprint density at radius 1 is 1.10 bits per heavy atom. The summed E-state index contributed by atoms with van der Waals surface area (Å²) in [6.45, 7) is 12.5. The van der Waals surface area contributed by atoms with Crippen LogP contribution in [0.25, 0.3) is 0 Å². The van der Waals surface area contributed by atoms with Gasteiger partial charge in [-0.1, -0.05) is 60.3 Å². The highest BCUT2D eigenvalue weighted by Gasteiger charge is 1.88. The molecule has 0 N–H and O–H groups in total. The molecular weight excluding hydrogens is 120 g/mol. The van der Waals surface area contributed by atoms with E-state index < -0.39 is 0 Å². The molecule has 0 heteroatoms. The second-order valence-electron chi connectivity index (χ2n) is 2.78. The molecule has 0 heterocycles. The summed E-state index contributed by atoms with van der Waals surface area (Å²) in [5.41, 5.74) is 0. The van der Waals surface area contributed by atoms with Gasteiger partial charge in [0, 0.05) is 0 Å². The van der Waals surface area contributed by atoms with Crippen molar-refractivity contribution in [1.82, 2.24) is 0 Å². The first-order valence-corrected chi connectivity index (χ1v) is 4.52. The van der Waals surface area contributed by atoms with Crippen LogP contribution < -0.4 is 0 Å². The summed E-state index contributed by atoms with van der Waals surface area (Å²) in [6.07, 6.45) is 4.94. The molecule has 0 aliphatic carbocycles. The summed E-state index contributed by atoms with van der Waals surface area (Å²) in [4.78, 5) is 0. The topological polar surface area (TPSA) is 0 Å². The van der Waals surface area contributed by atoms with E-state index in [1.54, 1.807) is 0 Å². The molecule has 0 aromatic carbocycles. The Morgan fingerprint density at radius 2 is 1.40 bits per heavy atom. The maximum Gasteiger partial charge on any atom is -0.0448 e. The summed E-state index contributed by atoms with van der Waals surface area (Å²) in [5, 5.41) is 0. The van der Waals surface area contributed by atoms with E-state index in [0.29, 0.717) is 0 Å². The van der Waals surface area contributed by atoms with Crippen molar-refractivity contribution in [3.05, 3.63) is 6.92 Å². The first kappa shape index (κ1) is 12.7. The lowest BCUT2D eigenvalue weighted by molar-refractivity contribution is 0.544. The van der Waals surface area contributed by atoms with Gasteiger partial charge in [-0.3, -0.25) is 0 Å². The smallest absolute Gasteiger partial charge is 0.0448 e. The molecule has 0 aliphatic heterocycles. The normalized spacial score (nSPS) is 9.00. The van der Waals surface area contributed by atoms with Gasteiger partial charge in [0.2, 0.25) is 0 Å². The van der Waals surface area contributed by atoms with E-state index in [0.717, 1.165) is 12.3 Å². The molecule has 1 radical (unpaired) electrons. The molecule has 0 spiro atoms. The minimum atomic E-state index is 0.935. The molecule has 0 aromatic heterocycles. The van der Waals surface area contributed by atoms with Gasteiger partial charge >= 0.3 is 0 Å². The van der Waals surface area contributed by atoms with E-state index in [2.05, 4.69) is 34.6 Å². The van der Waals surface area contributed by atoms with Crippen molar-refractivity contribution in [2.24, 2.45) is 5.92 Å². The van der Waals surface area contributed by atoms with Gasteiger partial charge in [-0.2, -0.15) is 0 Å². The number of hydrogen-bond donors (Lipinski definition) is 0. The summed E-state index contributed by atoms with van der Waals surface area (Å²) >= 11 is 0. The monoisotopic (exact) mass is 143 g/mol. The van der Waals surface area contributed by atoms with Crippen LogP contribution >= 0.6 is 0 Å². The third kappa shape index (κ3) is 15.7. The molecule has 0 unspecified atom stereocenters. The van der Waals surface area contributed by atoms with Gasteiger partial charge in [0.1, 0.15) is 0 Å². The van der Waals surface area contributed by atoms with E-state index in [9.17, 15) is 0 Å². The van der Waals surface area contributed by atoms with Gasteiger partial charge in [-0.25, -0.2) is 0 Å². The fraction of sp³-hybridized carbons (Fsp3) is 0.900. The SMILES string of the molecule is CCC(C)CC.[CH2]CCC. The quantitative estimate of drug-likeness (QED) is 0.559. The molecule has 10 heavy (non-hydrogen) atoms. The fourth-order valence-corrected chi connectivity index (χ4v) is 0.289. The molecule has 0 atom stereocenters. The molecule has 0 nitrogen and oxygen atoms in total. The van der Waals surface area contributed by atoms with Gasteiger partial charge < -0.3 is 0 Å². The predicted octanol–water partition coefficient (Wildman–Crippen LogP) is 4.06. The lowest BCUT2D eigenvalue weighted by Gasteiger charge is -1.98. The van der Waals surface area contributed by atoms with E-state index >= 15 is 0 Å². The molecule has 0 aromatic rings. The molecule has 0 rings (SSSR count). The Morgan fingerprint density at radius 3 is 1.40 bits per heavy atom. The Balaban J connectivity index is 0. The van der Waals surface area contributed by atoms with E-state index in [4.69, 9.17) is 0 Å². The molecule has 0 bridgehead atoms. The van der Waals surface area contributed by atoms with Crippen LogP contribution in [0.3, 0.4) is 0 Å². The van der Waals surface area contributed by atoms with Crippen LogP contribution in [0.1, 0.15) is 53.4 Å². The van der Waals surface area contributed by atoms with Gasteiger partial charge in [-0.05, 0) is 5.92 Å². The van der Waals surface area contributed by atoms with Crippen molar-refractivity contribution in [1.29, 1.82) is 0 Å². The Bertz CT molecular complexity index is 33.3. The second kappa shape index (κ2) is 11.8. The van der Waals surface area contributed by atoms with Gasteiger partial charge in [0.25, 0.3) is 0 Å². The Kier molecular flexibility index (Phi) is 14.9. The van der Waals surface area contributed by atoms with E-state index in [1.165, 1.54) is 19.3 Å². The largest absolute Gasteiger partial charge is 0.0654 e. The van der Waals surface area contributed by atoms with Crippen LogP contribution in [0.15, 0.2) is 0 Å². The average molecular weight is 143 g/mol. The molecule has 0 saturated carbocycles. The van der Waals surface area contributed by atoms with E-state index in [1.807, 2.05) is 0 Å².